The van der Waals surface area contributed by atoms with Crippen LogP contribution in [0.5, 0.6) is 0 Å². The summed E-state index contributed by atoms with van der Waals surface area (Å²) in [7, 11) is 0. The van der Waals surface area contributed by atoms with Gasteiger partial charge in [-0.05, 0) is 12.2 Å². The number of aliphatic hydroxyl groups is 8. The lowest BCUT2D eigenvalue weighted by Crippen LogP contribution is -2.57. The van der Waals surface area contributed by atoms with E-state index in [2.05, 4.69) is 19.6 Å². The van der Waals surface area contributed by atoms with Gasteiger partial charge in [0.05, 0.1) is 13.2 Å². The molecule has 2 unspecified atom stereocenters. The standard InChI is InChI=1S/C14H28O5S.C6H12O5S/c1-2-3-4-5-6-7-8-20-14-13(18)12(17)11(16)10(9-15)19-14;7-1-2-3(8)4(9)5(10)6(12)11-2/h10-18H,2-9H2,1H3;2-10,12H,1H2/t10-,11-,12+,13-,14?;2-,3-,4+,5-,6?/m11/s1. The molecule has 192 valence electrons. The van der Waals surface area contributed by atoms with Gasteiger partial charge >= 0.3 is 0 Å². The maximum absolute atomic E-state index is 9.86. The van der Waals surface area contributed by atoms with Crippen molar-refractivity contribution in [3.63, 3.8) is 0 Å². The predicted molar refractivity (Wildman–Crippen MR) is 122 cm³/mol. The van der Waals surface area contributed by atoms with Crippen molar-refractivity contribution in [2.45, 2.75) is 105 Å². The number of hydrogen-bond donors (Lipinski definition) is 9. The maximum Gasteiger partial charge on any atom is 0.132 e. The van der Waals surface area contributed by atoms with E-state index in [0.717, 1.165) is 18.6 Å². The van der Waals surface area contributed by atoms with Gasteiger partial charge in [0, 0.05) is 0 Å². The summed E-state index contributed by atoms with van der Waals surface area (Å²) in [6.07, 6.45) is -1.93. The normalized spacial score (nSPS) is 39.9. The molecule has 2 fully saturated rings. The average molecular weight is 505 g/mol. The van der Waals surface area contributed by atoms with Crippen molar-refractivity contribution in [2.24, 2.45) is 0 Å². The van der Waals surface area contributed by atoms with Crippen LogP contribution >= 0.6 is 24.4 Å². The largest absolute Gasteiger partial charge is 0.394 e. The van der Waals surface area contributed by atoms with Gasteiger partial charge in [-0.3, -0.25) is 0 Å². The van der Waals surface area contributed by atoms with E-state index in [0.29, 0.717) is 0 Å². The van der Waals surface area contributed by atoms with E-state index < -0.39 is 66.3 Å². The third-order valence-electron chi connectivity index (χ3n) is 5.50. The van der Waals surface area contributed by atoms with E-state index in [1.807, 2.05) is 0 Å². The van der Waals surface area contributed by atoms with Gasteiger partial charge in [-0.1, -0.05) is 39.0 Å². The maximum atomic E-state index is 9.86. The SMILES string of the molecule is CCCCCCCCSC1O[C@H](CO)[C@@H](O)[C@H](O)[C@H]1O.OC[C@H]1OC(S)[C@H](O)[C@@H](O)[C@@H]1O. The van der Waals surface area contributed by atoms with Gasteiger partial charge in [-0.15, -0.1) is 24.4 Å². The van der Waals surface area contributed by atoms with Crippen molar-refractivity contribution in [2.75, 3.05) is 19.0 Å². The van der Waals surface area contributed by atoms with Crippen LogP contribution in [0.15, 0.2) is 0 Å². The summed E-state index contributed by atoms with van der Waals surface area (Å²) in [6.45, 7) is 1.41. The van der Waals surface area contributed by atoms with E-state index in [1.54, 1.807) is 0 Å². The van der Waals surface area contributed by atoms with Gasteiger partial charge in [0.25, 0.3) is 0 Å². The molecule has 32 heavy (non-hydrogen) atoms. The number of unbranched alkanes of at least 4 members (excludes halogenated alkanes) is 5. The Bertz CT molecular complexity index is 485. The van der Waals surface area contributed by atoms with E-state index in [-0.39, 0.29) is 6.61 Å². The summed E-state index contributed by atoms with van der Waals surface area (Å²) in [5, 5.41) is 74.5. The Labute approximate surface area is 199 Å². The second-order valence-corrected chi connectivity index (χ2v) is 9.77. The summed E-state index contributed by atoms with van der Waals surface area (Å²) in [5.74, 6) is 0.842. The summed E-state index contributed by atoms with van der Waals surface area (Å²) < 4.78 is 10.3. The molecule has 10 atom stereocenters. The fourth-order valence-corrected chi connectivity index (χ4v) is 4.88. The predicted octanol–water partition coefficient (Wildman–Crippen LogP) is -1.40. The van der Waals surface area contributed by atoms with Crippen LogP contribution in [0, 0.1) is 0 Å². The molecule has 12 heteroatoms. The quantitative estimate of drug-likeness (QED) is 0.126. The summed E-state index contributed by atoms with van der Waals surface area (Å²) in [6, 6.07) is 0. The van der Waals surface area contributed by atoms with Gasteiger partial charge in [0.1, 0.15) is 59.7 Å². The Kier molecular flexibility index (Phi) is 15.2. The highest BCUT2D eigenvalue weighted by Gasteiger charge is 2.43. The number of hydrogen-bond acceptors (Lipinski definition) is 12. The van der Waals surface area contributed by atoms with E-state index in [1.165, 1.54) is 37.4 Å². The van der Waals surface area contributed by atoms with Crippen molar-refractivity contribution in [3.8, 4) is 0 Å². The molecule has 8 N–H and O–H groups in total. The van der Waals surface area contributed by atoms with Crippen LogP contribution in [-0.2, 0) is 9.47 Å². The lowest BCUT2D eigenvalue weighted by molar-refractivity contribution is -0.205. The molecule has 10 nitrogen and oxygen atoms in total. The highest BCUT2D eigenvalue weighted by molar-refractivity contribution is 7.99. The molecule has 0 aromatic heterocycles. The molecule has 2 aliphatic heterocycles. The van der Waals surface area contributed by atoms with Crippen LogP contribution in [0.2, 0.25) is 0 Å². The topological polar surface area (TPSA) is 180 Å². The Hall–Kier alpha value is 0.300. The summed E-state index contributed by atoms with van der Waals surface area (Å²) >= 11 is 5.25. The number of thioether (sulfide) groups is 1. The molecule has 0 bridgehead atoms. The number of thiol groups is 1. The van der Waals surface area contributed by atoms with Crippen LogP contribution in [0.1, 0.15) is 45.4 Å². The smallest absolute Gasteiger partial charge is 0.132 e. The highest BCUT2D eigenvalue weighted by atomic mass is 32.2. The first kappa shape index (κ1) is 30.3. The third-order valence-corrected chi connectivity index (χ3v) is 7.17. The Morgan fingerprint density at radius 3 is 1.72 bits per heavy atom. The van der Waals surface area contributed by atoms with Crippen molar-refractivity contribution in [3.05, 3.63) is 0 Å². The van der Waals surface area contributed by atoms with Crippen molar-refractivity contribution >= 4 is 24.4 Å². The molecule has 0 spiro atoms. The lowest BCUT2D eigenvalue weighted by atomic mass is 10.0. The van der Waals surface area contributed by atoms with Crippen molar-refractivity contribution in [1.29, 1.82) is 0 Å². The lowest BCUT2D eigenvalue weighted by Gasteiger charge is -2.39. The van der Waals surface area contributed by atoms with Crippen molar-refractivity contribution < 1.29 is 50.3 Å². The molecular weight excluding hydrogens is 464 g/mol. The van der Waals surface area contributed by atoms with Crippen LogP contribution in [0.3, 0.4) is 0 Å². The van der Waals surface area contributed by atoms with Gasteiger partial charge in [0.15, 0.2) is 0 Å². The molecule has 0 radical (unpaired) electrons. The number of ether oxygens (including phenoxy) is 2. The minimum Gasteiger partial charge on any atom is -0.394 e. The van der Waals surface area contributed by atoms with Crippen LogP contribution in [-0.4, -0.2) is 120 Å². The van der Waals surface area contributed by atoms with Gasteiger partial charge in [0.2, 0.25) is 0 Å². The molecule has 0 amide bonds. The molecule has 0 aromatic carbocycles. The second-order valence-electron chi connectivity index (χ2n) is 8.06. The zero-order valence-corrected chi connectivity index (χ0v) is 20.1. The molecule has 2 heterocycles. The minimum atomic E-state index is -1.32. The fourth-order valence-electron chi connectivity index (χ4n) is 3.37. The summed E-state index contributed by atoms with van der Waals surface area (Å²) in [4.78, 5) is 0. The molecule has 2 rings (SSSR count). The van der Waals surface area contributed by atoms with Crippen LogP contribution < -0.4 is 0 Å². The van der Waals surface area contributed by atoms with Gasteiger partial charge in [-0.2, -0.15) is 0 Å². The van der Waals surface area contributed by atoms with Crippen LogP contribution in [0.25, 0.3) is 0 Å². The van der Waals surface area contributed by atoms with E-state index >= 15 is 0 Å². The fraction of sp³-hybridized carbons (Fsp3) is 1.00. The Balaban J connectivity index is 0.000000363. The molecule has 2 saturated heterocycles. The molecule has 0 aliphatic carbocycles. The zero-order chi connectivity index (χ0) is 24.3. The van der Waals surface area contributed by atoms with E-state index in [9.17, 15) is 25.5 Å². The first-order valence-electron chi connectivity index (χ1n) is 11.1. The number of rotatable bonds is 10. The molecule has 2 aliphatic rings. The average Bonchev–Trinajstić information content (AvgIpc) is 2.79. The van der Waals surface area contributed by atoms with Gasteiger partial charge in [-0.25, -0.2) is 0 Å². The Morgan fingerprint density at radius 2 is 1.16 bits per heavy atom. The number of aliphatic hydroxyl groups excluding tert-OH is 8. The molecule has 0 aromatic rings. The monoisotopic (exact) mass is 504 g/mol. The van der Waals surface area contributed by atoms with Crippen LogP contribution in [0.4, 0.5) is 0 Å². The summed E-state index contributed by atoms with van der Waals surface area (Å²) in [5.41, 5.74) is -1.46. The first-order valence-corrected chi connectivity index (χ1v) is 12.7. The van der Waals surface area contributed by atoms with E-state index in [4.69, 9.17) is 24.8 Å². The van der Waals surface area contributed by atoms with Gasteiger partial charge < -0.3 is 50.3 Å². The molecule has 0 saturated carbocycles. The Morgan fingerprint density at radius 1 is 0.656 bits per heavy atom. The zero-order valence-electron chi connectivity index (χ0n) is 18.4. The second kappa shape index (κ2) is 16.1. The first-order chi connectivity index (χ1) is 15.2. The molecular formula is C20H40O10S2. The highest BCUT2D eigenvalue weighted by Crippen LogP contribution is 2.29. The van der Waals surface area contributed by atoms with Crippen molar-refractivity contribution in [1.82, 2.24) is 0 Å². The third kappa shape index (κ3) is 9.16. The minimum absolute atomic E-state index is 0.362.